The van der Waals surface area contributed by atoms with Gasteiger partial charge >= 0.3 is 0 Å². The fourth-order valence-electron chi connectivity index (χ4n) is 2.71. The van der Waals surface area contributed by atoms with E-state index in [2.05, 4.69) is 4.98 Å². The number of carbonyl (C=O) groups excluding carboxylic acids is 1. The number of pyridine rings is 1. The molecule has 1 fully saturated rings. The largest absolute Gasteiger partial charge is 0.393 e. The molecule has 1 aliphatic rings. The van der Waals surface area contributed by atoms with Crippen molar-refractivity contribution in [3.8, 4) is 0 Å². The summed E-state index contributed by atoms with van der Waals surface area (Å²) in [6, 6.07) is 1.26. The van der Waals surface area contributed by atoms with Gasteiger partial charge in [0.05, 0.1) is 22.3 Å². The van der Waals surface area contributed by atoms with Crippen molar-refractivity contribution >= 4 is 11.6 Å². The first-order valence-corrected chi connectivity index (χ1v) is 6.94. The minimum Gasteiger partial charge on any atom is -0.393 e. The second-order valence-electron chi connectivity index (χ2n) is 5.53. The molecule has 2 atom stereocenters. The van der Waals surface area contributed by atoms with E-state index >= 15 is 0 Å². The summed E-state index contributed by atoms with van der Waals surface area (Å²) in [6.07, 6.45) is 3.40. The monoisotopic (exact) mass is 293 g/mol. The Bertz CT molecular complexity index is 561. The topological polar surface area (TPSA) is 96.6 Å². The minimum absolute atomic E-state index is 0.0749. The van der Waals surface area contributed by atoms with Gasteiger partial charge in [0.25, 0.3) is 11.6 Å². The molecule has 0 radical (unpaired) electrons. The van der Waals surface area contributed by atoms with Gasteiger partial charge in [-0.2, -0.15) is 0 Å². The zero-order chi connectivity index (χ0) is 15.6. The standard InChI is InChI=1S/C14H19N3O4/c1-9-12(6-11(7-15-9)17(20)21)14(19)16(2)8-10-4-3-5-13(10)18/h6-7,10,13,18H,3-5,8H2,1-2H3. The highest BCUT2D eigenvalue weighted by Crippen LogP contribution is 2.26. The van der Waals surface area contributed by atoms with E-state index in [4.69, 9.17) is 0 Å². The van der Waals surface area contributed by atoms with Gasteiger partial charge in [0.1, 0.15) is 6.20 Å². The van der Waals surface area contributed by atoms with Crippen LogP contribution in [0.5, 0.6) is 0 Å². The van der Waals surface area contributed by atoms with Gasteiger partial charge in [-0.15, -0.1) is 0 Å². The minimum atomic E-state index is -0.566. The molecule has 1 aliphatic carbocycles. The van der Waals surface area contributed by atoms with Crippen molar-refractivity contribution in [1.29, 1.82) is 0 Å². The van der Waals surface area contributed by atoms with Gasteiger partial charge in [0.2, 0.25) is 0 Å². The molecule has 0 saturated heterocycles. The summed E-state index contributed by atoms with van der Waals surface area (Å²) >= 11 is 0. The second kappa shape index (κ2) is 6.17. The molecule has 1 heterocycles. The van der Waals surface area contributed by atoms with Gasteiger partial charge in [-0.3, -0.25) is 19.9 Å². The Morgan fingerprint density at radius 1 is 1.57 bits per heavy atom. The summed E-state index contributed by atoms with van der Waals surface area (Å²) in [4.78, 5) is 28.1. The number of hydrogen-bond acceptors (Lipinski definition) is 5. The molecular weight excluding hydrogens is 274 g/mol. The van der Waals surface area contributed by atoms with Crippen molar-refractivity contribution < 1.29 is 14.8 Å². The number of aromatic nitrogens is 1. The second-order valence-corrected chi connectivity index (χ2v) is 5.53. The highest BCUT2D eigenvalue weighted by atomic mass is 16.6. The van der Waals surface area contributed by atoms with Crippen molar-refractivity contribution in [3.63, 3.8) is 0 Å². The van der Waals surface area contributed by atoms with E-state index < -0.39 is 4.92 Å². The molecule has 7 heteroatoms. The van der Waals surface area contributed by atoms with E-state index in [9.17, 15) is 20.0 Å². The van der Waals surface area contributed by atoms with Crippen LogP contribution in [0.1, 0.15) is 35.3 Å². The lowest BCUT2D eigenvalue weighted by atomic mass is 10.0. The van der Waals surface area contributed by atoms with Crippen LogP contribution in [0.2, 0.25) is 0 Å². The summed E-state index contributed by atoms with van der Waals surface area (Å²) in [5.41, 5.74) is 0.502. The van der Waals surface area contributed by atoms with E-state index in [1.807, 2.05) is 0 Å². The summed E-state index contributed by atoms with van der Waals surface area (Å²) in [5.74, 6) is -0.228. The highest BCUT2D eigenvalue weighted by Gasteiger charge is 2.28. The van der Waals surface area contributed by atoms with Gasteiger partial charge in [-0.1, -0.05) is 6.42 Å². The van der Waals surface area contributed by atoms with Crippen LogP contribution in [0.25, 0.3) is 0 Å². The molecule has 0 bridgehead atoms. The number of carbonyl (C=O) groups is 1. The highest BCUT2D eigenvalue weighted by molar-refractivity contribution is 5.95. The number of aryl methyl sites for hydroxylation is 1. The number of nitrogens with zero attached hydrogens (tertiary/aromatic N) is 3. The van der Waals surface area contributed by atoms with Crippen LogP contribution in [0, 0.1) is 23.0 Å². The third-order valence-corrected chi connectivity index (χ3v) is 3.99. The predicted octanol–water partition coefficient (Wildman–Crippen LogP) is 1.53. The first-order valence-electron chi connectivity index (χ1n) is 6.94. The van der Waals surface area contributed by atoms with E-state index in [-0.39, 0.29) is 29.2 Å². The molecule has 2 unspecified atom stereocenters. The molecule has 0 aromatic carbocycles. The SMILES string of the molecule is Cc1ncc([N+](=O)[O-])cc1C(=O)N(C)CC1CCCC1O. The fourth-order valence-corrected chi connectivity index (χ4v) is 2.71. The number of aliphatic hydroxyl groups is 1. The molecule has 1 aromatic heterocycles. The van der Waals surface area contributed by atoms with Gasteiger partial charge in [-0.25, -0.2) is 0 Å². The van der Waals surface area contributed by atoms with Crippen LogP contribution >= 0.6 is 0 Å². The maximum Gasteiger partial charge on any atom is 0.288 e. The van der Waals surface area contributed by atoms with Gasteiger partial charge in [0.15, 0.2) is 0 Å². The average molecular weight is 293 g/mol. The van der Waals surface area contributed by atoms with E-state index in [1.165, 1.54) is 11.0 Å². The van der Waals surface area contributed by atoms with Crippen LogP contribution in [0.3, 0.4) is 0 Å². The molecule has 1 saturated carbocycles. The lowest BCUT2D eigenvalue weighted by Crippen LogP contribution is -2.35. The van der Waals surface area contributed by atoms with Gasteiger partial charge in [0, 0.05) is 25.6 Å². The van der Waals surface area contributed by atoms with Crippen LogP contribution < -0.4 is 0 Å². The Morgan fingerprint density at radius 3 is 2.86 bits per heavy atom. The third-order valence-electron chi connectivity index (χ3n) is 3.99. The van der Waals surface area contributed by atoms with Crippen LogP contribution in [-0.2, 0) is 0 Å². The fraction of sp³-hybridized carbons (Fsp3) is 0.571. The zero-order valence-corrected chi connectivity index (χ0v) is 12.2. The molecule has 0 spiro atoms. The molecule has 21 heavy (non-hydrogen) atoms. The first kappa shape index (κ1) is 15.4. The summed E-state index contributed by atoms with van der Waals surface area (Å²) in [7, 11) is 1.64. The molecule has 1 aromatic rings. The van der Waals surface area contributed by atoms with Crippen molar-refractivity contribution in [3.05, 3.63) is 33.6 Å². The zero-order valence-electron chi connectivity index (χ0n) is 12.2. The maximum atomic E-state index is 12.4. The van der Waals surface area contributed by atoms with Crippen LogP contribution in [0.4, 0.5) is 5.69 Å². The van der Waals surface area contributed by atoms with E-state index in [1.54, 1.807) is 14.0 Å². The average Bonchev–Trinajstić information content (AvgIpc) is 2.83. The van der Waals surface area contributed by atoms with Crippen LogP contribution in [-0.4, -0.2) is 45.5 Å². The molecular formula is C14H19N3O4. The summed E-state index contributed by atoms with van der Waals surface area (Å²) in [5, 5.41) is 20.6. The van der Waals surface area contributed by atoms with Crippen molar-refractivity contribution in [2.75, 3.05) is 13.6 Å². The van der Waals surface area contributed by atoms with Gasteiger partial charge in [-0.05, 0) is 19.8 Å². The Labute approximate surface area is 122 Å². The Morgan fingerprint density at radius 2 is 2.29 bits per heavy atom. The number of amides is 1. The quantitative estimate of drug-likeness (QED) is 0.670. The molecule has 0 aliphatic heterocycles. The van der Waals surface area contributed by atoms with Crippen molar-refractivity contribution in [2.24, 2.45) is 5.92 Å². The maximum absolute atomic E-state index is 12.4. The van der Waals surface area contributed by atoms with Crippen LogP contribution in [0.15, 0.2) is 12.3 Å². The lowest BCUT2D eigenvalue weighted by Gasteiger charge is -2.23. The molecule has 1 N–H and O–H groups in total. The van der Waals surface area contributed by atoms with E-state index in [0.717, 1.165) is 25.5 Å². The molecule has 7 nitrogen and oxygen atoms in total. The Balaban J connectivity index is 2.15. The van der Waals surface area contributed by atoms with Crippen molar-refractivity contribution in [1.82, 2.24) is 9.88 Å². The first-order chi connectivity index (χ1) is 9.90. The molecule has 1 amide bonds. The smallest absolute Gasteiger partial charge is 0.288 e. The number of aliphatic hydroxyl groups excluding tert-OH is 1. The lowest BCUT2D eigenvalue weighted by molar-refractivity contribution is -0.385. The van der Waals surface area contributed by atoms with E-state index in [0.29, 0.717) is 12.2 Å². The predicted molar refractivity (Wildman–Crippen MR) is 75.9 cm³/mol. The Kier molecular flexibility index (Phi) is 4.52. The molecule has 114 valence electrons. The number of hydrogen-bond donors (Lipinski definition) is 1. The summed E-state index contributed by atoms with van der Waals surface area (Å²) in [6.45, 7) is 2.09. The number of rotatable bonds is 4. The third kappa shape index (κ3) is 3.36. The summed E-state index contributed by atoms with van der Waals surface area (Å²) < 4.78 is 0. The Hall–Kier alpha value is -2.02. The van der Waals surface area contributed by atoms with Gasteiger partial charge < -0.3 is 10.0 Å². The van der Waals surface area contributed by atoms with Crippen molar-refractivity contribution in [2.45, 2.75) is 32.3 Å². The normalized spacial score (nSPS) is 21.3. The number of nitro groups is 1. The molecule has 2 rings (SSSR count).